The van der Waals surface area contributed by atoms with Gasteiger partial charge in [-0.2, -0.15) is 0 Å². The van der Waals surface area contributed by atoms with E-state index in [1.165, 1.54) is 0 Å². The molecule has 0 spiro atoms. The van der Waals surface area contributed by atoms with E-state index in [1.54, 1.807) is 6.20 Å². The van der Waals surface area contributed by atoms with Crippen LogP contribution in [0.3, 0.4) is 0 Å². The predicted molar refractivity (Wildman–Crippen MR) is 74.3 cm³/mol. The number of nitrogens with one attached hydrogen (secondary N) is 1. The van der Waals surface area contributed by atoms with Gasteiger partial charge in [-0.1, -0.05) is 18.9 Å². The van der Waals surface area contributed by atoms with Crippen molar-refractivity contribution in [2.75, 3.05) is 0 Å². The molecule has 20 heavy (non-hydrogen) atoms. The van der Waals surface area contributed by atoms with Crippen LogP contribution in [0, 0.1) is 6.92 Å². The van der Waals surface area contributed by atoms with Crippen molar-refractivity contribution in [1.29, 1.82) is 0 Å². The highest BCUT2D eigenvalue weighted by Gasteiger charge is 2.37. The van der Waals surface area contributed by atoms with E-state index < -0.39 is 11.5 Å². The number of hydrogen-bond donors (Lipinski definition) is 2. The summed E-state index contributed by atoms with van der Waals surface area (Å²) in [5.41, 5.74) is 1.15. The molecule has 0 bridgehead atoms. The van der Waals surface area contributed by atoms with Crippen molar-refractivity contribution in [1.82, 2.24) is 10.3 Å². The topological polar surface area (TPSA) is 79.3 Å². The Hall–Kier alpha value is -1.91. The van der Waals surface area contributed by atoms with Crippen molar-refractivity contribution in [2.45, 2.75) is 51.0 Å². The molecule has 5 heteroatoms. The lowest BCUT2D eigenvalue weighted by molar-refractivity contribution is -0.139. The quantitative estimate of drug-likeness (QED) is 0.860. The number of aliphatic carboxylic acids is 1. The molecule has 5 nitrogen and oxygen atoms in total. The third kappa shape index (κ3) is 3.56. The molecule has 0 saturated heterocycles. The first-order valence-electron chi connectivity index (χ1n) is 6.94. The van der Waals surface area contributed by atoms with Gasteiger partial charge in [-0.3, -0.25) is 14.6 Å². The van der Waals surface area contributed by atoms with Crippen LogP contribution in [0.15, 0.2) is 18.3 Å². The second-order valence-corrected chi connectivity index (χ2v) is 5.55. The Morgan fingerprint density at radius 3 is 2.70 bits per heavy atom. The molecular formula is C15H20N2O3. The summed E-state index contributed by atoms with van der Waals surface area (Å²) in [6, 6.07) is 3.75. The first-order chi connectivity index (χ1) is 9.51. The minimum atomic E-state index is -0.860. The highest BCUT2D eigenvalue weighted by atomic mass is 16.4. The van der Waals surface area contributed by atoms with Crippen molar-refractivity contribution < 1.29 is 14.7 Å². The van der Waals surface area contributed by atoms with Crippen LogP contribution in [0.25, 0.3) is 0 Å². The number of carbonyl (C=O) groups is 2. The van der Waals surface area contributed by atoms with Gasteiger partial charge in [-0.25, -0.2) is 0 Å². The Labute approximate surface area is 118 Å². The summed E-state index contributed by atoms with van der Waals surface area (Å²) in [5, 5.41) is 12.0. The molecule has 1 aliphatic rings. The van der Waals surface area contributed by atoms with Crippen LogP contribution in [-0.4, -0.2) is 27.5 Å². The van der Waals surface area contributed by atoms with Crippen molar-refractivity contribution in [3.63, 3.8) is 0 Å². The molecule has 2 N–H and O–H groups in total. The summed E-state index contributed by atoms with van der Waals surface area (Å²) >= 11 is 0. The van der Waals surface area contributed by atoms with Crippen molar-refractivity contribution in [2.24, 2.45) is 0 Å². The van der Waals surface area contributed by atoms with Gasteiger partial charge < -0.3 is 10.4 Å². The maximum Gasteiger partial charge on any atom is 0.305 e. The zero-order chi connectivity index (χ0) is 14.6. The van der Waals surface area contributed by atoms with E-state index in [0.29, 0.717) is 0 Å². The number of aryl methyl sites for hydroxylation is 1. The van der Waals surface area contributed by atoms with Crippen LogP contribution >= 0.6 is 0 Å². The molecule has 0 aliphatic heterocycles. The van der Waals surface area contributed by atoms with Crippen LogP contribution in [0.5, 0.6) is 0 Å². The summed E-state index contributed by atoms with van der Waals surface area (Å²) < 4.78 is 0. The van der Waals surface area contributed by atoms with Crippen LogP contribution in [0.2, 0.25) is 0 Å². The highest BCUT2D eigenvalue weighted by molar-refractivity contribution is 5.80. The van der Waals surface area contributed by atoms with Gasteiger partial charge in [0, 0.05) is 6.20 Å². The maximum absolute atomic E-state index is 12.2. The number of pyridine rings is 1. The molecule has 0 unspecified atom stereocenters. The number of carbonyl (C=O) groups excluding carboxylic acids is 1. The summed E-state index contributed by atoms with van der Waals surface area (Å²) in [7, 11) is 0. The van der Waals surface area contributed by atoms with E-state index in [0.717, 1.165) is 36.9 Å². The molecule has 0 aromatic carbocycles. The van der Waals surface area contributed by atoms with Gasteiger partial charge in [-0.15, -0.1) is 0 Å². The Kier molecular flexibility index (Phi) is 4.37. The average Bonchev–Trinajstić information content (AvgIpc) is 2.79. The van der Waals surface area contributed by atoms with Gasteiger partial charge in [0.15, 0.2) is 0 Å². The maximum atomic E-state index is 12.2. The number of nitrogens with zero attached hydrogens (tertiary/aromatic N) is 1. The monoisotopic (exact) mass is 276 g/mol. The second kappa shape index (κ2) is 6.03. The van der Waals surface area contributed by atoms with Gasteiger partial charge in [0.25, 0.3) is 0 Å². The van der Waals surface area contributed by atoms with E-state index in [1.807, 2.05) is 19.1 Å². The Balaban J connectivity index is 2.02. The first-order valence-corrected chi connectivity index (χ1v) is 6.94. The molecule has 108 valence electrons. The van der Waals surface area contributed by atoms with Crippen molar-refractivity contribution in [3.05, 3.63) is 29.6 Å². The lowest BCUT2D eigenvalue weighted by atomic mass is 9.93. The number of rotatable bonds is 5. The molecule has 2 rings (SSSR count). The van der Waals surface area contributed by atoms with Crippen LogP contribution in [-0.2, 0) is 16.0 Å². The van der Waals surface area contributed by atoms with E-state index in [4.69, 9.17) is 5.11 Å². The van der Waals surface area contributed by atoms with E-state index >= 15 is 0 Å². The third-order valence-electron chi connectivity index (χ3n) is 3.90. The fourth-order valence-corrected chi connectivity index (χ4v) is 2.88. The third-order valence-corrected chi connectivity index (χ3v) is 3.90. The predicted octanol–water partition coefficient (Wildman–Crippen LogP) is 1.84. The zero-order valence-corrected chi connectivity index (χ0v) is 11.7. The van der Waals surface area contributed by atoms with E-state index in [-0.39, 0.29) is 18.7 Å². The van der Waals surface area contributed by atoms with Crippen LogP contribution in [0.4, 0.5) is 0 Å². The Morgan fingerprint density at radius 1 is 1.40 bits per heavy atom. The van der Waals surface area contributed by atoms with Gasteiger partial charge in [0.2, 0.25) is 5.91 Å². The molecule has 1 aromatic heterocycles. The van der Waals surface area contributed by atoms with Gasteiger partial charge in [0.1, 0.15) is 0 Å². The molecule has 1 aromatic rings. The zero-order valence-electron chi connectivity index (χ0n) is 11.7. The molecule has 1 aliphatic carbocycles. The van der Waals surface area contributed by atoms with Gasteiger partial charge >= 0.3 is 5.97 Å². The fourth-order valence-electron chi connectivity index (χ4n) is 2.88. The Bertz CT molecular complexity index is 508. The average molecular weight is 276 g/mol. The number of carboxylic acid groups (broad SMARTS) is 1. The lowest BCUT2D eigenvalue weighted by Gasteiger charge is -2.28. The van der Waals surface area contributed by atoms with Crippen molar-refractivity contribution in [3.8, 4) is 0 Å². The standard InChI is InChI=1S/C15H20N2O3/c1-11-5-4-8-16-12(11)9-13(18)17-15(10-14(19)20)6-2-3-7-15/h4-5,8H,2-3,6-7,9-10H2,1H3,(H,17,18)(H,19,20). The summed E-state index contributed by atoms with van der Waals surface area (Å²) in [5.74, 6) is -1.00. The van der Waals surface area contributed by atoms with E-state index in [2.05, 4.69) is 10.3 Å². The molecule has 1 saturated carbocycles. The number of aromatic nitrogens is 1. The number of hydrogen-bond acceptors (Lipinski definition) is 3. The Morgan fingerprint density at radius 2 is 2.10 bits per heavy atom. The minimum absolute atomic E-state index is 0.0000591. The molecular weight excluding hydrogens is 256 g/mol. The molecule has 0 atom stereocenters. The molecule has 0 radical (unpaired) electrons. The fraction of sp³-hybridized carbons (Fsp3) is 0.533. The summed E-state index contributed by atoms with van der Waals surface area (Å²) in [6.07, 6.45) is 5.29. The summed E-state index contributed by atoms with van der Waals surface area (Å²) in [4.78, 5) is 27.4. The van der Waals surface area contributed by atoms with Crippen LogP contribution < -0.4 is 5.32 Å². The lowest BCUT2D eigenvalue weighted by Crippen LogP contribution is -2.48. The number of amides is 1. The normalized spacial score (nSPS) is 16.9. The molecule has 1 fully saturated rings. The first kappa shape index (κ1) is 14.5. The highest BCUT2D eigenvalue weighted by Crippen LogP contribution is 2.32. The van der Waals surface area contributed by atoms with Gasteiger partial charge in [-0.05, 0) is 31.4 Å². The SMILES string of the molecule is Cc1cccnc1CC(=O)NC1(CC(=O)O)CCCC1. The molecule has 1 amide bonds. The van der Waals surface area contributed by atoms with E-state index in [9.17, 15) is 9.59 Å². The minimum Gasteiger partial charge on any atom is -0.481 e. The largest absolute Gasteiger partial charge is 0.481 e. The van der Waals surface area contributed by atoms with Gasteiger partial charge in [0.05, 0.1) is 24.1 Å². The molecule has 1 heterocycles. The summed E-state index contributed by atoms with van der Waals surface area (Å²) in [6.45, 7) is 1.91. The van der Waals surface area contributed by atoms with Crippen molar-refractivity contribution >= 4 is 11.9 Å². The smallest absolute Gasteiger partial charge is 0.305 e. The second-order valence-electron chi connectivity index (χ2n) is 5.55. The number of carboxylic acids is 1. The van der Waals surface area contributed by atoms with Crippen LogP contribution in [0.1, 0.15) is 43.4 Å².